The van der Waals surface area contributed by atoms with Gasteiger partial charge in [-0.3, -0.25) is 9.59 Å². The molecule has 1 N–H and O–H groups in total. The summed E-state index contributed by atoms with van der Waals surface area (Å²) in [7, 11) is 2.95. The van der Waals surface area contributed by atoms with Crippen molar-refractivity contribution in [1.82, 2.24) is 4.98 Å². The van der Waals surface area contributed by atoms with Crippen molar-refractivity contribution in [3.8, 4) is 11.5 Å². The summed E-state index contributed by atoms with van der Waals surface area (Å²) in [5.41, 5.74) is 0.269. The van der Waals surface area contributed by atoms with E-state index in [1.807, 2.05) is 12.1 Å². The number of aromatic amines is 1. The van der Waals surface area contributed by atoms with Crippen LogP contribution in [0.15, 0.2) is 46.1 Å². The monoisotopic (exact) mass is 307 g/mol. The number of ether oxygens (including phenoxy) is 2. The lowest BCUT2D eigenvalue weighted by Gasteiger charge is -2.11. The van der Waals surface area contributed by atoms with E-state index in [4.69, 9.17) is 9.47 Å². The second kappa shape index (κ2) is 4.71. The lowest BCUT2D eigenvalue weighted by Crippen LogP contribution is -2.12. The third-order valence-corrected chi connectivity index (χ3v) is 4.19. The van der Waals surface area contributed by atoms with E-state index < -0.39 is 0 Å². The fourth-order valence-corrected chi connectivity index (χ4v) is 3.17. The van der Waals surface area contributed by atoms with Crippen LogP contribution in [0.5, 0.6) is 11.5 Å². The summed E-state index contributed by atoms with van der Waals surface area (Å²) >= 11 is 0. The molecule has 0 atom stereocenters. The minimum Gasteiger partial charge on any atom is -0.497 e. The summed E-state index contributed by atoms with van der Waals surface area (Å²) in [4.78, 5) is 28.4. The van der Waals surface area contributed by atoms with Crippen LogP contribution < -0.4 is 20.3 Å². The van der Waals surface area contributed by atoms with Crippen molar-refractivity contribution < 1.29 is 9.47 Å². The summed E-state index contributed by atoms with van der Waals surface area (Å²) < 4.78 is 10.4. The van der Waals surface area contributed by atoms with Crippen molar-refractivity contribution in [1.29, 1.82) is 0 Å². The van der Waals surface area contributed by atoms with Crippen molar-refractivity contribution in [3.05, 3.63) is 57.0 Å². The predicted molar refractivity (Wildman–Crippen MR) is 90.1 cm³/mol. The second-order valence-electron chi connectivity index (χ2n) is 5.34. The van der Waals surface area contributed by atoms with E-state index in [9.17, 15) is 9.59 Å². The molecule has 0 aliphatic carbocycles. The zero-order chi connectivity index (χ0) is 16.1. The first kappa shape index (κ1) is 13.6. The smallest absolute Gasteiger partial charge is 0.221 e. The van der Waals surface area contributed by atoms with E-state index in [0.717, 1.165) is 16.3 Å². The minimum atomic E-state index is -0.299. The van der Waals surface area contributed by atoms with Gasteiger partial charge in [0.15, 0.2) is 11.2 Å². The Morgan fingerprint density at radius 1 is 0.913 bits per heavy atom. The molecule has 0 aliphatic rings. The molecule has 0 saturated heterocycles. The molecule has 23 heavy (non-hydrogen) atoms. The Hall–Kier alpha value is -3.08. The Labute approximate surface area is 130 Å². The van der Waals surface area contributed by atoms with Gasteiger partial charge in [-0.1, -0.05) is 0 Å². The zero-order valence-corrected chi connectivity index (χ0v) is 12.6. The van der Waals surface area contributed by atoms with Gasteiger partial charge in [-0.2, -0.15) is 0 Å². The summed E-state index contributed by atoms with van der Waals surface area (Å²) in [5.74, 6) is 0.668. The highest BCUT2D eigenvalue weighted by Gasteiger charge is 2.18. The fraction of sp³-hybridized carbons (Fsp3) is 0.111. The molecule has 0 saturated carbocycles. The number of nitrogens with one attached hydrogen (secondary N) is 1. The SMILES string of the molecule is COc1ccc2c(c1)c(=O)c1c(OC)c(=O)cc3cc[nH]c2c31. The third kappa shape index (κ3) is 1.73. The highest BCUT2D eigenvalue weighted by molar-refractivity contribution is 6.20. The largest absolute Gasteiger partial charge is 0.497 e. The van der Waals surface area contributed by atoms with Crippen molar-refractivity contribution >= 4 is 32.4 Å². The molecule has 0 spiro atoms. The first-order valence-electron chi connectivity index (χ1n) is 7.11. The van der Waals surface area contributed by atoms with Gasteiger partial charge < -0.3 is 14.5 Å². The van der Waals surface area contributed by atoms with Crippen molar-refractivity contribution in [3.63, 3.8) is 0 Å². The Kier molecular flexibility index (Phi) is 2.78. The van der Waals surface area contributed by atoms with Gasteiger partial charge in [0, 0.05) is 22.4 Å². The molecular formula is C18H13NO4. The minimum absolute atomic E-state index is 0.0804. The van der Waals surface area contributed by atoms with E-state index in [-0.39, 0.29) is 16.6 Å². The first-order chi connectivity index (χ1) is 11.2. The normalized spacial score (nSPS) is 11.4. The average Bonchev–Trinajstić information content (AvgIpc) is 2.58. The van der Waals surface area contributed by atoms with Gasteiger partial charge in [-0.05, 0) is 35.7 Å². The van der Waals surface area contributed by atoms with Crippen LogP contribution in [-0.4, -0.2) is 19.2 Å². The first-order valence-corrected chi connectivity index (χ1v) is 7.11. The standard InChI is InChI=1S/C18H13NO4/c1-22-10-3-4-11-12(8-10)17(21)15-14-9(5-6-19-16(11)14)7-13(20)18(15)23-2/h3-8,19H,1-2H3. The molecule has 5 heteroatoms. The van der Waals surface area contributed by atoms with E-state index in [1.165, 1.54) is 13.2 Å². The van der Waals surface area contributed by atoms with Gasteiger partial charge in [-0.15, -0.1) is 0 Å². The highest BCUT2D eigenvalue weighted by Crippen LogP contribution is 2.33. The van der Waals surface area contributed by atoms with Gasteiger partial charge in [0.2, 0.25) is 5.43 Å². The van der Waals surface area contributed by atoms with Crippen LogP contribution in [0.3, 0.4) is 0 Å². The molecule has 4 aromatic rings. The third-order valence-electron chi connectivity index (χ3n) is 4.19. The summed E-state index contributed by atoms with van der Waals surface area (Å²) in [6, 6.07) is 8.62. The van der Waals surface area contributed by atoms with Crippen LogP contribution in [0.1, 0.15) is 0 Å². The van der Waals surface area contributed by atoms with Crippen LogP contribution in [0, 0.1) is 0 Å². The number of aromatic nitrogens is 1. The number of fused-ring (bicyclic) bond motifs is 2. The van der Waals surface area contributed by atoms with Gasteiger partial charge in [0.25, 0.3) is 0 Å². The molecule has 0 amide bonds. The maximum absolute atomic E-state index is 13.0. The van der Waals surface area contributed by atoms with Crippen LogP contribution in [0.25, 0.3) is 32.4 Å². The van der Waals surface area contributed by atoms with Crippen molar-refractivity contribution in [2.75, 3.05) is 14.2 Å². The molecule has 5 nitrogen and oxygen atoms in total. The topological polar surface area (TPSA) is 68.4 Å². The molecular weight excluding hydrogens is 294 g/mol. The Morgan fingerprint density at radius 2 is 1.74 bits per heavy atom. The van der Waals surface area contributed by atoms with E-state index >= 15 is 0 Å². The molecule has 0 unspecified atom stereocenters. The molecule has 1 heterocycles. The van der Waals surface area contributed by atoms with Crippen LogP contribution in [0.4, 0.5) is 0 Å². The van der Waals surface area contributed by atoms with Gasteiger partial charge in [0.1, 0.15) is 5.75 Å². The number of methoxy groups -OCH3 is 2. The predicted octanol–water partition coefficient (Wildman–Crippen LogP) is 2.65. The lowest BCUT2D eigenvalue weighted by atomic mass is 9.97. The van der Waals surface area contributed by atoms with Gasteiger partial charge >= 0.3 is 0 Å². The van der Waals surface area contributed by atoms with Crippen LogP contribution in [0.2, 0.25) is 0 Å². The van der Waals surface area contributed by atoms with E-state index in [1.54, 1.807) is 25.4 Å². The fourth-order valence-electron chi connectivity index (χ4n) is 3.17. The molecule has 114 valence electrons. The summed E-state index contributed by atoms with van der Waals surface area (Å²) in [5, 5.41) is 3.02. The van der Waals surface area contributed by atoms with Crippen molar-refractivity contribution in [2.24, 2.45) is 0 Å². The zero-order valence-electron chi connectivity index (χ0n) is 12.6. The maximum Gasteiger partial charge on any atom is 0.221 e. The second-order valence-corrected chi connectivity index (χ2v) is 5.34. The Balaban J connectivity index is 2.41. The van der Waals surface area contributed by atoms with Gasteiger partial charge in [-0.25, -0.2) is 0 Å². The maximum atomic E-state index is 13.0. The lowest BCUT2D eigenvalue weighted by molar-refractivity contribution is 0.415. The van der Waals surface area contributed by atoms with Crippen LogP contribution in [-0.2, 0) is 0 Å². The number of hydrogen-bond acceptors (Lipinski definition) is 4. The van der Waals surface area contributed by atoms with Crippen molar-refractivity contribution in [2.45, 2.75) is 0 Å². The molecule has 0 aliphatic heterocycles. The molecule has 3 aromatic carbocycles. The molecule has 0 bridgehead atoms. The average molecular weight is 307 g/mol. The molecule has 4 rings (SSSR count). The van der Waals surface area contributed by atoms with Crippen LogP contribution >= 0.6 is 0 Å². The Morgan fingerprint density at radius 3 is 2.48 bits per heavy atom. The number of rotatable bonds is 2. The summed E-state index contributed by atoms with van der Waals surface area (Å²) in [6.07, 6.45) is 1.76. The quantitative estimate of drug-likeness (QED) is 0.456. The van der Waals surface area contributed by atoms with E-state index in [2.05, 4.69) is 4.98 Å². The number of H-pyrrole nitrogens is 1. The molecule has 0 fully saturated rings. The number of pyridine rings is 1. The Bertz CT molecular complexity index is 1180. The molecule has 1 aromatic heterocycles. The highest BCUT2D eigenvalue weighted by atomic mass is 16.5. The van der Waals surface area contributed by atoms with E-state index in [0.29, 0.717) is 21.9 Å². The number of benzene rings is 3. The summed E-state index contributed by atoms with van der Waals surface area (Å²) in [6.45, 7) is 0. The van der Waals surface area contributed by atoms with Gasteiger partial charge in [0.05, 0.1) is 25.1 Å². The molecule has 0 radical (unpaired) electrons. The number of hydrogen-bond donors (Lipinski definition) is 1.